The van der Waals surface area contributed by atoms with Gasteiger partial charge in [0.2, 0.25) is 0 Å². The van der Waals surface area contributed by atoms with E-state index in [0.717, 1.165) is 17.7 Å². The summed E-state index contributed by atoms with van der Waals surface area (Å²) in [5.74, 6) is 0.512. The molecule has 0 amide bonds. The molecule has 0 N–H and O–H groups in total. The van der Waals surface area contributed by atoms with Crippen LogP contribution in [-0.4, -0.2) is 5.78 Å². The average molecular weight is 356 g/mol. The molecule has 0 saturated carbocycles. The molecule has 2 aromatic carbocycles. The molecule has 0 aliphatic carbocycles. The molecule has 0 bridgehead atoms. The Morgan fingerprint density at radius 3 is 2.42 bits per heavy atom. The summed E-state index contributed by atoms with van der Waals surface area (Å²) in [6.45, 7) is 1.93. The number of aryl methyl sites for hydroxylation is 1. The van der Waals surface area contributed by atoms with Crippen LogP contribution in [0.5, 0.6) is 0 Å². The number of alkyl halides is 3. The fourth-order valence-corrected chi connectivity index (χ4v) is 2.42. The highest BCUT2D eigenvalue weighted by atomic mass is 19.4. The Kier molecular flexibility index (Phi) is 4.80. The molecule has 132 valence electrons. The molecule has 0 aliphatic rings. The van der Waals surface area contributed by atoms with Crippen molar-refractivity contribution < 1.29 is 22.4 Å². The number of rotatable bonds is 4. The number of hydrogen-bond acceptors (Lipinski definition) is 2. The highest BCUT2D eigenvalue weighted by molar-refractivity contribution is 6.06. The molecule has 0 fully saturated rings. The first kappa shape index (κ1) is 17.7. The second-order valence-corrected chi connectivity index (χ2v) is 5.84. The molecule has 0 atom stereocenters. The molecule has 0 aliphatic heterocycles. The Labute approximate surface area is 148 Å². The van der Waals surface area contributed by atoms with Gasteiger partial charge in [0, 0.05) is 11.1 Å². The summed E-state index contributed by atoms with van der Waals surface area (Å²) in [7, 11) is 0. The van der Waals surface area contributed by atoms with Crippen molar-refractivity contribution in [2.45, 2.75) is 13.1 Å². The van der Waals surface area contributed by atoms with Crippen LogP contribution < -0.4 is 0 Å². The highest BCUT2D eigenvalue weighted by Gasteiger charge is 2.30. The van der Waals surface area contributed by atoms with Gasteiger partial charge in [-0.3, -0.25) is 4.79 Å². The molecule has 2 nitrogen and oxygen atoms in total. The second kappa shape index (κ2) is 7.04. The molecule has 3 aromatic rings. The number of ketones is 1. The summed E-state index contributed by atoms with van der Waals surface area (Å²) in [5, 5.41) is 0. The maximum Gasteiger partial charge on any atom is 0.416 e. The number of benzene rings is 2. The van der Waals surface area contributed by atoms with E-state index in [1.807, 2.05) is 19.1 Å². The van der Waals surface area contributed by atoms with Gasteiger partial charge in [-0.25, -0.2) is 0 Å². The van der Waals surface area contributed by atoms with E-state index < -0.39 is 11.7 Å². The first-order valence-corrected chi connectivity index (χ1v) is 7.89. The minimum atomic E-state index is -4.41. The topological polar surface area (TPSA) is 30.2 Å². The van der Waals surface area contributed by atoms with Gasteiger partial charge in [-0.1, -0.05) is 42.0 Å². The fourth-order valence-electron chi connectivity index (χ4n) is 2.42. The Bertz CT molecular complexity index is 948. The number of carbonyl (C=O) groups excluding carboxylic acids is 1. The predicted octanol–water partition coefficient (Wildman–Crippen LogP) is 6.17. The van der Waals surface area contributed by atoms with Crippen molar-refractivity contribution in [3.63, 3.8) is 0 Å². The molecule has 26 heavy (non-hydrogen) atoms. The van der Waals surface area contributed by atoms with Gasteiger partial charge in [0.15, 0.2) is 5.78 Å². The van der Waals surface area contributed by atoms with E-state index in [4.69, 9.17) is 4.42 Å². The Morgan fingerprint density at radius 1 is 1.00 bits per heavy atom. The maximum atomic E-state index is 12.8. The zero-order valence-corrected chi connectivity index (χ0v) is 13.9. The van der Waals surface area contributed by atoms with Crippen LogP contribution in [0.25, 0.3) is 17.4 Å². The first-order valence-electron chi connectivity index (χ1n) is 7.89. The van der Waals surface area contributed by atoms with Crippen molar-refractivity contribution in [2.75, 3.05) is 0 Å². The van der Waals surface area contributed by atoms with Crippen molar-refractivity contribution in [1.29, 1.82) is 0 Å². The average Bonchev–Trinajstić information content (AvgIpc) is 3.09. The third kappa shape index (κ3) is 4.11. The molecule has 1 heterocycles. The van der Waals surface area contributed by atoms with Crippen molar-refractivity contribution in [3.05, 3.63) is 89.2 Å². The third-order valence-corrected chi connectivity index (χ3v) is 3.84. The van der Waals surface area contributed by atoms with E-state index >= 15 is 0 Å². The van der Waals surface area contributed by atoms with Crippen molar-refractivity contribution in [2.24, 2.45) is 0 Å². The standard InChI is InChI=1S/C21H15F3O2/c1-14-5-7-15(8-6-14)19(25)11-9-18-10-12-20(26-18)16-3-2-4-17(13-16)21(22,23)24/h2-13H,1H3. The lowest BCUT2D eigenvalue weighted by molar-refractivity contribution is -0.137. The van der Waals surface area contributed by atoms with Crippen LogP contribution in [0.2, 0.25) is 0 Å². The van der Waals surface area contributed by atoms with E-state index in [-0.39, 0.29) is 5.78 Å². The first-order chi connectivity index (χ1) is 12.3. The molecule has 3 rings (SSSR count). The highest BCUT2D eigenvalue weighted by Crippen LogP contribution is 2.32. The molecular weight excluding hydrogens is 341 g/mol. The van der Waals surface area contributed by atoms with E-state index in [9.17, 15) is 18.0 Å². The van der Waals surface area contributed by atoms with Crippen LogP contribution in [0.1, 0.15) is 27.2 Å². The SMILES string of the molecule is Cc1ccc(C(=O)C=Cc2ccc(-c3cccc(C(F)(F)F)c3)o2)cc1. The molecule has 5 heteroatoms. The van der Waals surface area contributed by atoms with Gasteiger partial charge in [0.1, 0.15) is 11.5 Å². The minimum absolute atomic E-state index is 0.179. The molecular formula is C21H15F3O2. The van der Waals surface area contributed by atoms with E-state index in [0.29, 0.717) is 22.6 Å². The number of furan rings is 1. The lowest BCUT2D eigenvalue weighted by Crippen LogP contribution is -2.04. The zero-order valence-electron chi connectivity index (χ0n) is 13.9. The van der Waals surface area contributed by atoms with Crippen LogP contribution in [-0.2, 0) is 6.18 Å². The summed E-state index contributed by atoms with van der Waals surface area (Å²) >= 11 is 0. The lowest BCUT2D eigenvalue weighted by atomic mass is 10.1. The van der Waals surface area contributed by atoms with E-state index in [1.54, 1.807) is 30.3 Å². The number of halogens is 3. The van der Waals surface area contributed by atoms with Gasteiger partial charge in [0.05, 0.1) is 5.56 Å². The van der Waals surface area contributed by atoms with Gasteiger partial charge in [-0.05, 0) is 43.3 Å². The Hall–Kier alpha value is -3.08. The van der Waals surface area contributed by atoms with Gasteiger partial charge < -0.3 is 4.42 Å². The van der Waals surface area contributed by atoms with E-state index in [2.05, 4.69) is 0 Å². The molecule has 1 aromatic heterocycles. The zero-order chi connectivity index (χ0) is 18.7. The predicted molar refractivity (Wildman–Crippen MR) is 93.7 cm³/mol. The molecule has 0 unspecified atom stereocenters. The summed E-state index contributed by atoms with van der Waals surface area (Å²) in [5.41, 5.74) is 1.20. The van der Waals surface area contributed by atoms with Crippen LogP contribution in [0, 0.1) is 6.92 Å². The summed E-state index contributed by atoms with van der Waals surface area (Å²) in [6.07, 6.45) is -1.54. The van der Waals surface area contributed by atoms with Crippen molar-refractivity contribution >= 4 is 11.9 Å². The fraction of sp³-hybridized carbons (Fsp3) is 0.0952. The summed E-state index contributed by atoms with van der Waals surface area (Å²) in [6, 6.07) is 15.3. The number of carbonyl (C=O) groups is 1. The Balaban J connectivity index is 1.78. The molecule has 0 radical (unpaired) electrons. The van der Waals surface area contributed by atoms with Crippen LogP contribution in [0.4, 0.5) is 13.2 Å². The Morgan fingerprint density at radius 2 is 1.73 bits per heavy atom. The van der Waals surface area contributed by atoms with Crippen molar-refractivity contribution in [1.82, 2.24) is 0 Å². The monoisotopic (exact) mass is 356 g/mol. The number of hydrogen-bond donors (Lipinski definition) is 0. The smallest absolute Gasteiger partial charge is 0.416 e. The lowest BCUT2D eigenvalue weighted by Gasteiger charge is -2.07. The maximum absolute atomic E-state index is 12.8. The number of allylic oxidation sites excluding steroid dienone is 1. The van der Waals surface area contributed by atoms with E-state index in [1.165, 1.54) is 18.2 Å². The van der Waals surface area contributed by atoms with Gasteiger partial charge in [-0.2, -0.15) is 13.2 Å². The second-order valence-electron chi connectivity index (χ2n) is 5.84. The van der Waals surface area contributed by atoms with Crippen LogP contribution in [0.15, 0.2) is 71.2 Å². The van der Waals surface area contributed by atoms with Crippen molar-refractivity contribution in [3.8, 4) is 11.3 Å². The van der Waals surface area contributed by atoms with Crippen LogP contribution in [0.3, 0.4) is 0 Å². The molecule has 0 spiro atoms. The normalized spacial score (nSPS) is 11.8. The largest absolute Gasteiger partial charge is 0.457 e. The quantitative estimate of drug-likeness (QED) is 0.413. The summed E-state index contributed by atoms with van der Waals surface area (Å²) in [4.78, 5) is 12.1. The van der Waals surface area contributed by atoms with Gasteiger partial charge in [-0.15, -0.1) is 0 Å². The van der Waals surface area contributed by atoms with Gasteiger partial charge >= 0.3 is 6.18 Å². The van der Waals surface area contributed by atoms with Crippen LogP contribution >= 0.6 is 0 Å². The van der Waals surface area contributed by atoms with Gasteiger partial charge in [0.25, 0.3) is 0 Å². The summed E-state index contributed by atoms with van der Waals surface area (Å²) < 4.78 is 44.0. The third-order valence-electron chi connectivity index (χ3n) is 3.84. The molecule has 0 saturated heterocycles. The minimum Gasteiger partial charge on any atom is -0.457 e.